The molecule has 0 saturated heterocycles. The van der Waals surface area contributed by atoms with E-state index in [1.54, 1.807) is 32.0 Å². The molecule has 0 fully saturated rings. The Morgan fingerprint density at radius 1 is 1.06 bits per heavy atom. The maximum Gasteiger partial charge on any atom is 0.226 e. The van der Waals surface area contributed by atoms with Crippen molar-refractivity contribution in [2.75, 3.05) is 14.1 Å². The molecule has 3 aromatic carbocycles. The van der Waals surface area contributed by atoms with Crippen molar-refractivity contribution in [3.05, 3.63) is 77.1 Å². The third-order valence-electron chi connectivity index (χ3n) is 5.88. The lowest BCUT2D eigenvalue weighted by molar-refractivity contribution is -0.127. The van der Waals surface area contributed by atoms with Gasteiger partial charge in [-0.2, -0.15) is 4.98 Å². The lowest BCUT2D eigenvalue weighted by atomic mass is 9.95. The predicted octanol–water partition coefficient (Wildman–Crippen LogP) is 5.85. The minimum atomic E-state index is -0.0240. The number of aromatic hydroxyl groups is 1. The van der Waals surface area contributed by atoms with Crippen LogP contribution in [0.15, 0.2) is 65.2 Å². The van der Waals surface area contributed by atoms with Crippen LogP contribution < -0.4 is 0 Å². The minimum Gasteiger partial charge on any atom is -0.507 e. The van der Waals surface area contributed by atoms with Gasteiger partial charge in [0.1, 0.15) is 5.75 Å². The highest BCUT2D eigenvalue weighted by molar-refractivity contribution is 6.34. The van der Waals surface area contributed by atoms with Gasteiger partial charge in [0.15, 0.2) is 0 Å². The number of benzene rings is 3. The van der Waals surface area contributed by atoms with E-state index in [4.69, 9.17) is 16.1 Å². The number of amides is 1. The molecule has 0 aliphatic carbocycles. The number of aromatic amines is 1. The monoisotopic (exact) mass is 486 g/mol. The van der Waals surface area contributed by atoms with E-state index in [1.807, 2.05) is 54.6 Å². The first-order valence-electron chi connectivity index (χ1n) is 11.0. The zero-order valence-corrected chi connectivity index (χ0v) is 20.2. The smallest absolute Gasteiger partial charge is 0.226 e. The van der Waals surface area contributed by atoms with E-state index in [-0.39, 0.29) is 18.1 Å². The summed E-state index contributed by atoms with van der Waals surface area (Å²) in [6.07, 6.45) is 0.216. The number of nitrogens with zero attached hydrogens (tertiary/aromatic N) is 3. The van der Waals surface area contributed by atoms with Crippen LogP contribution in [0, 0.1) is 6.92 Å². The van der Waals surface area contributed by atoms with E-state index in [9.17, 15) is 9.90 Å². The summed E-state index contributed by atoms with van der Waals surface area (Å²) in [5.41, 5.74) is 5.06. The molecule has 1 amide bonds. The Morgan fingerprint density at radius 2 is 1.80 bits per heavy atom. The number of fused-ring (bicyclic) bond motifs is 1. The maximum atomic E-state index is 12.5. The molecule has 0 aliphatic heterocycles. The molecule has 7 nitrogen and oxygen atoms in total. The zero-order chi connectivity index (χ0) is 24.7. The summed E-state index contributed by atoms with van der Waals surface area (Å²) in [5, 5.41) is 16.6. The second kappa shape index (κ2) is 8.92. The van der Waals surface area contributed by atoms with Crippen molar-refractivity contribution in [2.24, 2.45) is 0 Å². The number of aryl methyl sites for hydroxylation is 1. The molecule has 2 N–H and O–H groups in total. The molecule has 0 radical (unpaired) electrons. The highest BCUT2D eigenvalue weighted by Crippen LogP contribution is 2.41. The number of H-pyrrole nitrogens is 1. The second-order valence-corrected chi connectivity index (χ2v) is 9.02. The van der Waals surface area contributed by atoms with Crippen LogP contribution >= 0.6 is 11.6 Å². The van der Waals surface area contributed by atoms with Crippen LogP contribution in [0.4, 0.5) is 0 Å². The maximum absolute atomic E-state index is 12.5. The van der Waals surface area contributed by atoms with Crippen LogP contribution in [0.25, 0.3) is 44.7 Å². The van der Waals surface area contributed by atoms with Crippen molar-refractivity contribution >= 4 is 28.4 Å². The summed E-state index contributed by atoms with van der Waals surface area (Å²) in [6, 6.07) is 18.9. The number of carbonyl (C=O) groups excluding carboxylic acids is 1. The van der Waals surface area contributed by atoms with Gasteiger partial charge in [0.2, 0.25) is 17.6 Å². The number of hydrogen-bond donors (Lipinski definition) is 2. The van der Waals surface area contributed by atoms with Gasteiger partial charge in [0.25, 0.3) is 0 Å². The van der Waals surface area contributed by atoms with Crippen molar-refractivity contribution in [3.63, 3.8) is 0 Å². The van der Waals surface area contributed by atoms with E-state index in [0.29, 0.717) is 39.1 Å². The first kappa shape index (κ1) is 22.7. The Kier molecular flexibility index (Phi) is 5.78. The molecule has 5 aromatic rings. The standard InChI is InChI=1S/C27H23ClN4O3/c1-15-29-27(31-35-15)20-12-18-13-24(30-23(18)14-22(20)28)21-10-16(11-25(33)32(2)3)9-19(26(21)34)17-7-5-4-6-8-17/h4-10,12-14,30,34H,11H2,1-3H3. The van der Waals surface area contributed by atoms with Gasteiger partial charge in [-0.15, -0.1) is 0 Å². The fraction of sp³-hybridized carbons (Fsp3) is 0.148. The molecule has 176 valence electrons. The predicted molar refractivity (Wildman–Crippen MR) is 136 cm³/mol. The number of phenols is 1. The molecule has 0 spiro atoms. The zero-order valence-electron chi connectivity index (χ0n) is 19.5. The normalized spacial score (nSPS) is 11.2. The fourth-order valence-corrected chi connectivity index (χ4v) is 4.30. The first-order valence-corrected chi connectivity index (χ1v) is 11.4. The van der Waals surface area contributed by atoms with Crippen LogP contribution in [0.2, 0.25) is 5.02 Å². The topological polar surface area (TPSA) is 95.2 Å². The average Bonchev–Trinajstić information content (AvgIpc) is 3.45. The number of nitrogens with one attached hydrogen (secondary N) is 1. The number of phenolic OH excluding ortho intramolecular Hbond substituents is 1. The van der Waals surface area contributed by atoms with Crippen LogP contribution in [0.3, 0.4) is 0 Å². The molecular weight excluding hydrogens is 464 g/mol. The SMILES string of the molecule is Cc1nc(-c2cc3cc(-c4cc(CC(=O)N(C)C)cc(-c5ccccc5)c4O)[nH]c3cc2Cl)no1. The molecule has 0 bridgehead atoms. The van der Waals surface area contributed by atoms with Crippen LogP contribution in [0.5, 0.6) is 5.75 Å². The van der Waals surface area contributed by atoms with Gasteiger partial charge in [0, 0.05) is 48.6 Å². The Labute approximate surface area is 207 Å². The molecular formula is C27H23ClN4O3. The summed E-state index contributed by atoms with van der Waals surface area (Å²) in [6.45, 7) is 1.72. The summed E-state index contributed by atoms with van der Waals surface area (Å²) in [4.78, 5) is 21.7. The van der Waals surface area contributed by atoms with E-state index in [0.717, 1.165) is 22.0 Å². The van der Waals surface area contributed by atoms with E-state index in [1.165, 1.54) is 0 Å². The molecule has 0 atom stereocenters. The van der Waals surface area contributed by atoms with E-state index < -0.39 is 0 Å². The van der Waals surface area contributed by atoms with Crippen LogP contribution in [-0.4, -0.2) is 45.1 Å². The summed E-state index contributed by atoms with van der Waals surface area (Å²) < 4.78 is 5.10. The van der Waals surface area contributed by atoms with Gasteiger partial charge in [-0.3, -0.25) is 4.79 Å². The van der Waals surface area contributed by atoms with Crippen molar-refractivity contribution in [1.82, 2.24) is 20.0 Å². The number of likely N-dealkylation sites (N-methyl/N-ethyl adjacent to an activating group) is 1. The first-order chi connectivity index (χ1) is 16.8. The molecule has 0 unspecified atom stereocenters. The van der Waals surface area contributed by atoms with Gasteiger partial charge >= 0.3 is 0 Å². The summed E-state index contributed by atoms with van der Waals surface area (Å²) in [7, 11) is 3.46. The Morgan fingerprint density at radius 3 is 2.49 bits per heavy atom. The molecule has 2 aromatic heterocycles. The highest BCUT2D eigenvalue weighted by Gasteiger charge is 2.18. The van der Waals surface area contributed by atoms with E-state index in [2.05, 4.69) is 15.1 Å². The third kappa shape index (κ3) is 4.38. The molecule has 2 heterocycles. The number of aromatic nitrogens is 3. The number of rotatable bonds is 5. The Bertz CT molecular complexity index is 1550. The molecule has 5 rings (SSSR count). The highest BCUT2D eigenvalue weighted by atomic mass is 35.5. The quantitative estimate of drug-likeness (QED) is 0.325. The molecule has 8 heteroatoms. The van der Waals surface area contributed by atoms with Gasteiger partial charge in [-0.1, -0.05) is 47.1 Å². The summed E-state index contributed by atoms with van der Waals surface area (Å²) >= 11 is 6.52. The van der Waals surface area contributed by atoms with Crippen LogP contribution in [-0.2, 0) is 11.2 Å². The minimum absolute atomic E-state index is 0.0240. The number of carbonyl (C=O) groups is 1. The number of halogens is 1. The average molecular weight is 487 g/mol. The lowest BCUT2D eigenvalue weighted by Crippen LogP contribution is -2.23. The van der Waals surface area contributed by atoms with Crippen molar-refractivity contribution in [2.45, 2.75) is 13.3 Å². The number of hydrogen-bond acceptors (Lipinski definition) is 5. The van der Waals surface area contributed by atoms with Gasteiger partial charge in [-0.25, -0.2) is 0 Å². The summed E-state index contributed by atoms with van der Waals surface area (Å²) in [5.74, 6) is 0.969. The van der Waals surface area contributed by atoms with Crippen molar-refractivity contribution < 1.29 is 14.4 Å². The molecule has 0 saturated carbocycles. The van der Waals surface area contributed by atoms with Crippen molar-refractivity contribution in [3.8, 4) is 39.5 Å². The van der Waals surface area contributed by atoms with Gasteiger partial charge in [0.05, 0.1) is 17.1 Å². The Hall–Kier alpha value is -4.10. The third-order valence-corrected chi connectivity index (χ3v) is 6.19. The molecule has 0 aliphatic rings. The van der Waals surface area contributed by atoms with Crippen LogP contribution in [0.1, 0.15) is 11.5 Å². The lowest BCUT2D eigenvalue weighted by Gasteiger charge is -2.15. The van der Waals surface area contributed by atoms with Gasteiger partial charge in [-0.05, 0) is 41.5 Å². The van der Waals surface area contributed by atoms with Gasteiger partial charge < -0.3 is 19.5 Å². The molecule has 35 heavy (non-hydrogen) atoms. The van der Waals surface area contributed by atoms with Crippen molar-refractivity contribution in [1.29, 1.82) is 0 Å². The Balaban J connectivity index is 1.66. The van der Waals surface area contributed by atoms with E-state index >= 15 is 0 Å². The fourth-order valence-electron chi connectivity index (χ4n) is 4.05. The second-order valence-electron chi connectivity index (χ2n) is 8.61. The largest absolute Gasteiger partial charge is 0.507 e.